The van der Waals surface area contributed by atoms with Crippen molar-refractivity contribution in [3.63, 3.8) is 0 Å². The number of fused-ring (bicyclic) bond motifs is 3. The van der Waals surface area contributed by atoms with Gasteiger partial charge < -0.3 is 22.8 Å². The zero-order chi connectivity index (χ0) is 25.0. The van der Waals surface area contributed by atoms with Crippen molar-refractivity contribution in [2.45, 2.75) is 78.2 Å². The van der Waals surface area contributed by atoms with Crippen molar-refractivity contribution < 1.29 is 27.5 Å². The summed E-state index contributed by atoms with van der Waals surface area (Å²) in [4.78, 5) is 13.7. The standard InChI is InChI=1S/C27H44O6Si/c1-8-31-34(32-9-2,33-10-3)15-12-20-16-21(30-7)17-22-25(20)23(28)18-24-26(4,19-29-6)13-11-14-27(22,24)5/h16-17,24H,8-15,18-19H2,1-7H3/t24?,26-,27-/m1/s1. The summed E-state index contributed by atoms with van der Waals surface area (Å²) >= 11 is 0. The van der Waals surface area contributed by atoms with Crippen LogP contribution in [-0.4, -0.2) is 55.2 Å². The van der Waals surface area contributed by atoms with Crippen molar-refractivity contribution in [1.29, 1.82) is 0 Å². The molecule has 7 heteroatoms. The van der Waals surface area contributed by atoms with Crippen molar-refractivity contribution in [2.24, 2.45) is 11.3 Å². The van der Waals surface area contributed by atoms with Gasteiger partial charge in [0.1, 0.15) is 5.75 Å². The average Bonchev–Trinajstić information content (AvgIpc) is 2.79. The highest BCUT2D eigenvalue weighted by atomic mass is 28.4. The Morgan fingerprint density at radius 2 is 1.65 bits per heavy atom. The third-order valence-corrected chi connectivity index (χ3v) is 11.1. The molecule has 0 amide bonds. The van der Waals surface area contributed by atoms with Crippen LogP contribution in [0.2, 0.25) is 6.04 Å². The van der Waals surface area contributed by atoms with Gasteiger partial charge in [-0.05, 0) is 80.0 Å². The number of rotatable bonds is 12. The van der Waals surface area contributed by atoms with Gasteiger partial charge in [-0.15, -0.1) is 0 Å². The molecule has 3 rings (SSSR count). The first-order valence-corrected chi connectivity index (χ1v) is 14.8. The number of hydrogen-bond acceptors (Lipinski definition) is 6. The molecule has 6 nitrogen and oxygen atoms in total. The van der Waals surface area contributed by atoms with Gasteiger partial charge >= 0.3 is 8.80 Å². The fourth-order valence-electron chi connectivity index (χ4n) is 6.62. The van der Waals surface area contributed by atoms with Crippen molar-refractivity contribution in [3.05, 3.63) is 28.8 Å². The van der Waals surface area contributed by atoms with Gasteiger partial charge in [0.15, 0.2) is 5.78 Å². The van der Waals surface area contributed by atoms with Crippen LogP contribution in [-0.2, 0) is 29.9 Å². The van der Waals surface area contributed by atoms with E-state index in [4.69, 9.17) is 22.8 Å². The molecule has 1 saturated carbocycles. The minimum absolute atomic E-state index is 0.0146. The summed E-state index contributed by atoms with van der Waals surface area (Å²) in [6, 6.07) is 4.78. The lowest BCUT2D eigenvalue weighted by Crippen LogP contribution is -2.52. The largest absolute Gasteiger partial charge is 0.501 e. The van der Waals surface area contributed by atoms with E-state index in [0.29, 0.717) is 45.3 Å². The maximum Gasteiger partial charge on any atom is 0.501 e. The number of methoxy groups -OCH3 is 2. The van der Waals surface area contributed by atoms with Gasteiger partial charge in [-0.25, -0.2) is 0 Å². The summed E-state index contributed by atoms with van der Waals surface area (Å²) < 4.78 is 29.6. The van der Waals surface area contributed by atoms with Crippen LogP contribution in [0.3, 0.4) is 0 Å². The van der Waals surface area contributed by atoms with E-state index in [2.05, 4.69) is 19.9 Å². The lowest BCUT2D eigenvalue weighted by atomic mass is 9.49. The molecule has 0 saturated heterocycles. The molecule has 0 N–H and O–H groups in total. The second kappa shape index (κ2) is 11.2. The highest BCUT2D eigenvalue weighted by Gasteiger charge is 2.54. The van der Waals surface area contributed by atoms with E-state index in [9.17, 15) is 4.79 Å². The normalized spacial score (nSPS) is 26.8. The molecule has 192 valence electrons. The fourth-order valence-corrected chi connectivity index (χ4v) is 9.20. The molecular weight excluding hydrogens is 448 g/mol. The van der Waals surface area contributed by atoms with Crippen LogP contribution in [0, 0.1) is 11.3 Å². The molecular formula is C27H44O6Si. The third kappa shape index (κ3) is 5.14. The molecule has 0 aliphatic heterocycles. The van der Waals surface area contributed by atoms with Crippen molar-refractivity contribution in [3.8, 4) is 5.75 Å². The number of carbonyl (C=O) groups is 1. The van der Waals surface area contributed by atoms with Crippen molar-refractivity contribution in [2.75, 3.05) is 40.6 Å². The first-order chi connectivity index (χ1) is 16.2. The molecule has 0 heterocycles. The maximum atomic E-state index is 13.7. The van der Waals surface area contributed by atoms with Crippen LogP contribution in [0.4, 0.5) is 0 Å². The number of carbonyl (C=O) groups excluding carboxylic acids is 1. The average molecular weight is 493 g/mol. The second-order valence-electron chi connectivity index (χ2n) is 10.2. The van der Waals surface area contributed by atoms with Gasteiger partial charge in [0.25, 0.3) is 0 Å². The van der Waals surface area contributed by atoms with E-state index in [-0.39, 0.29) is 22.5 Å². The Balaban J connectivity index is 2.05. The summed E-state index contributed by atoms with van der Waals surface area (Å²) in [5.74, 6) is 1.28. The second-order valence-corrected chi connectivity index (χ2v) is 13.0. The summed E-state index contributed by atoms with van der Waals surface area (Å²) in [5.41, 5.74) is 2.94. The molecule has 1 fully saturated rings. The predicted molar refractivity (Wildman–Crippen MR) is 136 cm³/mol. The molecule has 0 radical (unpaired) electrons. The number of ether oxygens (including phenoxy) is 2. The lowest BCUT2D eigenvalue weighted by Gasteiger charge is -2.55. The van der Waals surface area contributed by atoms with Crippen LogP contribution in [0.15, 0.2) is 12.1 Å². The van der Waals surface area contributed by atoms with Crippen molar-refractivity contribution in [1.82, 2.24) is 0 Å². The number of hydrogen-bond donors (Lipinski definition) is 0. The molecule has 2 aliphatic rings. The Kier molecular flexibility index (Phi) is 9.01. The maximum absolute atomic E-state index is 13.7. The van der Waals surface area contributed by atoms with E-state index in [1.54, 1.807) is 14.2 Å². The van der Waals surface area contributed by atoms with Crippen LogP contribution in [0.5, 0.6) is 5.75 Å². The number of aryl methyl sites for hydroxylation is 1. The first-order valence-electron chi connectivity index (χ1n) is 12.9. The molecule has 1 unspecified atom stereocenters. The highest BCUT2D eigenvalue weighted by Crippen LogP contribution is 2.58. The van der Waals surface area contributed by atoms with Gasteiger partial charge in [-0.1, -0.05) is 20.3 Å². The number of Topliss-reactive ketones (excluding diaryl/α,β-unsaturated/α-hetero) is 1. The van der Waals surface area contributed by atoms with E-state index in [1.165, 1.54) is 0 Å². The van der Waals surface area contributed by atoms with E-state index in [1.807, 2.05) is 26.8 Å². The van der Waals surface area contributed by atoms with Crippen LogP contribution < -0.4 is 4.74 Å². The Morgan fingerprint density at radius 1 is 1.00 bits per heavy atom. The van der Waals surface area contributed by atoms with Crippen LogP contribution >= 0.6 is 0 Å². The van der Waals surface area contributed by atoms with Crippen molar-refractivity contribution >= 4 is 14.6 Å². The molecule has 3 atom stereocenters. The van der Waals surface area contributed by atoms with Gasteiger partial charge in [0, 0.05) is 45.0 Å². The zero-order valence-electron chi connectivity index (χ0n) is 22.3. The predicted octanol–water partition coefficient (Wildman–Crippen LogP) is 5.58. The van der Waals surface area contributed by atoms with E-state index >= 15 is 0 Å². The Bertz CT molecular complexity index is 837. The lowest BCUT2D eigenvalue weighted by molar-refractivity contribution is -0.0286. The van der Waals surface area contributed by atoms with Gasteiger partial charge in [0.2, 0.25) is 0 Å². The topological polar surface area (TPSA) is 63.2 Å². The molecule has 34 heavy (non-hydrogen) atoms. The molecule has 0 spiro atoms. The molecule has 2 aliphatic carbocycles. The van der Waals surface area contributed by atoms with E-state index < -0.39 is 8.80 Å². The number of ketones is 1. The molecule has 0 aromatic heterocycles. The van der Waals surface area contributed by atoms with Gasteiger partial charge in [0.05, 0.1) is 13.7 Å². The summed E-state index contributed by atoms with van der Waals surface area (Å²) in [6.45, 7) is 12.9. The summed E-state index contributed by atoms with van der Waals surface area (Å²) in [7, 11) is 0.637. The van der Waals surface area contributed by atoms with Gasteiger partial charge in [-0.3, -0.25) is 4.79 Å². The van der Waals surface area contributed by atoms with Crippen LogP contribution in [0.25, 0.3) is 0 Å². The highest BCUT2D eigenvalue weighted by molar-refractivity contribution is 6.60. The summed E-state index contributed by atoms with van der Waals surface area (Å²) in [6.07, 6.45) is 4.51. The SMILES string of the molecule is CCO[Si](CCc1cc(OC)cc2c1C(=O)CC1[C@@](C)(COC)CCC[C@]21C)(OCC)OCC. The van der Waals surface area contributed by atoms with E-state index in [0.717, 1.165) is 41.7 Å². The quantitative estimate of drug-likeness (QED) is 0.355. The van der Waals surface area contributed by atoms with Gasteiger partial charge in [-0.2, -0.15) is 0 Å². The third-order valence-electron chi connectivity index (χ3n) is 8.03. The minimum atomic E-state index is -2.83. The Morgan fingerprint density at radius 3 is 2.21 bits per heavy atom. The molecule has 1 aromatic carbocycles. The molecule has 1 aromatic rings. The smallest absolute Gasteiger partial charge is 0.497 e. The molecule has 0 bridgehead atoms. The summed E-state index contributed by atoms with van der Waals surface area (Å²) in [5, 5.41) is 0. The van der Waals surface area contributed by atoms with Crippen LogP contribution in [0.1, 0.15) is 81.8 Å². The fraction of sp³-hybridized carbons (Fsp3) is 0.741. The first kappa shape index (κ1) is 27.3. The Hall–Kier alpha value is -1.25. The zero-order valence-corrected chi connectivity index (χ0v) is 23.3. The minimum Gasteiger partial charge on any atom is -0.497 e. The monoisotopic (exact) mass is 492 g/mol. The number of benzene rings is 1. The Labute approximate surface area is 207 Å².